The van der Waals surface area contributed by atoms with E-state index in [0.29, 0.717) is 135 Å². The van der Waals surface area contributed by atoms with E-state index < -0.39 is 23.9 Å². The molecule has 1 saturated carbocycles. The number of rotatable bonds is 49. The second-order valence-electron chi connectivity index (χ2n) is 27.4. The molecule has 3 amide bonds. The number of carbonyl (C=O) groups is 7. The molecule has 0 radical (unpaired) electrons. The number of likely N-dealkylation sites (N-methyl/N-ethyl adjacent to an activating group) is 1. The van der Waals surface area contributed by atoms with Crippen LogP contribution in [0, 0.1) is 23.7 Å². The number of aliphatic imine (C=N–C) groups is 2. The van der Waals surface area contributed by atoms with Gasteiger partial charge in [0.15, 0.2) is 0 Å². The number of carbonyl (C=O) groups excluding carboxylic acids is 7. The Bertz CT molecular complexity index is 2790. The minimum Gasteiger partial charge on any atom is -0.465 e. The van der Waals surface area contributed by atoms with Crippen LogP contribution in [0.4, 0.5) is 5.95 Å². The molecule has 24 heteroatoms. The van der Waals surface area contributed by atoms with E-state index in [1.807, 2.05) is 63.1 Å². The summed E-state index contributed by atoms with van der Waals surface area (Å²) in [5.41, 5.74) is 2.95. The summed E-state index contributed by atoms with van der Waals surface area (Å²) in [7, 11) is 3.53. The van der Waals surface area contributed by atoms with Gasteiger partial charge in [-0.15, -0.1) is 0 Å². The third kappa shape index (κ3) is 32.6. The van der Waals surface area contributed by atoms with Gasteiger partial charge in [-0.1, -0.05) is 57.2 Å². The summed E-state index contributed by atoms with van der Waals surface area (Å²) in [6.45, 7) is 23.5. The number of nitrogens with one attached hydrogen (secondary N) is 2. The maximum absolute atomic E-state index is 13.3. The number of piperidine rings is 1. The molecule has 3 N–H and O–H groups in total. The number of aliphatic hydroxyl groups excluding tert-OH is 1. The fourth-order valence-electron chi connectivity index (χ4n) is 13.1. The summed E-state index contributed by atoms with van der Waals surface area (Å²) in [6, 6.07) is 0. The first-order chi connectivity index (χ1) is 48.4. The summed E-state index contributed by atoms with van der Waals surface area (Å²) in [5, 5.41) is 17.0. The Morgan fingerprint density at radius 1 is 0.840 bits per heavy atom. The van der Waals surface area contributed by atoms with Crippen LogP contribution in [0.2, 0.25) is 0 Å². The summed E-state index contributed by atoms with van der Waals surface area (Å²) >= 11 is 0. The van der Waals surface area contributed by atoms with E-state index in [-0.39, 0.29) is 72.6 Å². The van der Waals surface area contributed by atoms with Gasteiger partial charge in [0.25, 0.3) is 18.3 Å². The molecule has 4 aliphatic rings. The largest absolute Gasteiger partial charge is 0.465 e. The molecule has 5 rings (SSSR count). The molecule has 3 saturated heterocycles. The summed E-state index contributed by atoms with van der Waals surface area (Å²) < 4.78 is 35.2. The quantitative estimate of drug-likeness (QED) is 0.0138. The Kier molecular flexibility index (Phi) is 41.4. The number of Topliss-reactive ketones (excluding diaryl/α,β-unsaturated/α-hetero) is 2. The number of anilines is 1. The Balaban J connectivity index is 0.911. The smallest absolute Gasteiger partial charge is 0.293 e. The van der Waals surface area contributed by atoms with Crippen molar-refractivity contribution in [2.24, 2.45) is 33.7 Å². The van der Waals surface area contributed by atoms with Crippen molar-refractivity contribution in [3.05, 3.63) is 77.3 Å². The number of aromatic nitrogens is 2. The van der Waals surface area contributed by atoms with Crippen molar-refractivity contribution in [2.75, 3.05) is 131 Å². The molecule has 4 heterocycles. The fraction of sp³-hybridized carbons (Fsp3) is 0.697. The minimum absolute atomic E-state index is 0.00837. The van der Waals surface area contributed by atoms with E-state index in [0.717, 1.165) is 133 Å². The van der Waals surface area contributed by atoms with Crippen LogP contribution in [0.15, 0.2) is 81.8 Å². The van der Waals surface area contributed by atoms with Crippen LogP contribution in [-0.4, -0.2) is 247 Å². The summed E-state index contributed by atoms with van der Waals surface area (Å²) in [5.74, 6) is 0.00783. The maximum atomic E-state index is 13.3. The van der Waals surface area contributed by atoms with Gasteiger partial charge >= 0.3 is 0 Å². The number of likely N-dealkylation sites (tertiary alicyclic amines) is 1. The predicted molar refractivity (Wildman–Crippen MR) is 389 cm³/mol. The number of ketones is 2. The zero-order valence-electron chi connectivity index (χ0n) is 61.2. The van der Waals surface area contributed by atoms with Gasteiger partial charge in [0.1, 0.15) is 24.3 Å². The first-order valence-electron chi connectivity index (χ1n) is 36.8. The van der Waals surface area contributed by atoms with Gasteiger partial charge in [-0.2, -0.15) is 0 Å². The third-order valence-electron chi connectivity index (χ3n) is 19.4. The standard InChI is InChI=1S/C76H120N10O14/c1-57(17-11-9-12-18-59(3)71(95-8)49-67-19-15-20-70(100-67)73(92)75(94)85-33-13-10-14-34-85)47-60(4)68(89)50-69(90)61(5)48-58(2)21-25-66(99-56-88)28-24-62-22-26-65(27-23-62)98-55-63(51-78-7)52-79-31-36-84(35-30-77-6)72(91)29-44-97-46-41-83-37-39-86(40-38-83)76-81-53-64(54-82-76)74(93)80-32-45-96-43-16-42-87/h9,11-12,17-18,42,48,51-54,56-58,60,62,65-67,69-71,77,90H,7,10,13-16,19-41,43-47,49-50,55H2,1-6,8H3,(H,80,93)/b12-9+,17-11+,59-18+,61-48+,63-51+,79-52?. The van der Waals surface area contributed by atoms with E-state index in [1.54, 1.807) is 24.4 Å². The average molecular weight is 1400 g/mol. The van der Waals surface area contributed by atoms with Crippen molar-refractivity contribution >= 4 is 60.9 Å². The zero-order chi connectivity index (χ0) is 72.3. The molecule has 8 unspecified atom stereocenters. The van der Waals surface area contributed by atoms with Crippen molar-refractivity contribution in [3.8, 4) is 0 Å². The van der Waals surface area contributed by atoms with E-state index in [2.05, 4.69) is 67.0 Å². The van der Waals surface area contributed by atoms with Crippen LogP contribution in [0.25, 0.3) is 0 Å². The van der Waals surface area contributed by atoms with Gasteiger partial charge in [0.2, 0.25) is 17.6 Å². The van der Waals surface area contributed by atoms with Gasteiger partial charge in [-0.3, -0.25) is 43.7 Å². The van der Waals surface area contributed by atoms with Crippen LogP contribution in [-0.2, 0) is 57.2 Å². The molecule has 4 fully saturated rings. The van der Waals surface area contributed by atoms with Gasteiger partial charge in [-0.05, 0) is 153 Å². The molecule has 1 aliphatic carbocycles. The molecule has 8 atom stereocenters. The topological polar surface area (TPSA) is 283 Å². The molecule has 558 valence electrons. The highest BCUT2D eigenvalue weighted by Crippen LogP contribution is 2.32. The van der Waals surface area contributed by atoms with Crippen LogP contribution in [0.3, 0.4) is 0 Å². The number of nitrogens with zero attached hydrogens (tertiary/aromatic N) is 8. The predicted octanol–water partition coefficient (Wildman–Crippen LogP) is 8.27. The molecular weight excluding hydrogens is 1280 g/mol. The third-order valence-corrected chi connectivity index (χ3v) is 19.4. The number of aliphatic hydroxyl groups is 1. The van der Waals surface area contributed by atoms with Crippen LogP contribution >= 0.6 is 0 Å². The van der Waals surface area contributed by atoms with Gasteiger partial charge in [-0.25, -0.2) is 9.97 Å². The highest BCUT2D eigenvalue weighted by molar-refractivity contribution is 6.37. The monoisotopic (exact) mass is 1400 g/mol. The van der Waals surface area contributed by atoms with Gasteiger partial charge in [0, 0.05) is 135 Å². The fourth-order valence-corrected chi connectivity index (χ4v) is 13.1. The molecular formula is C76H120N10O14. The SMILES string of the molecule is C=N/C=C(\C=NCCN(CCNC)C(=O)CCOCCN1CCN(c2ncc(C(=O)NCCOCCC=O)cn2)CC1)COC1CCC(CCC(CCC(C)/C=C(\C)C(O)CC(=O)C(C)CC(C)/C=C/C=C/C=C(\C)C(CC2CCCC(C(=O)C(=O)N3CCCCC3)O2)OC)OC=O)CC1. The number of amides is 3. The van der Waals surface area contributed by atoms with Crippen molar-refractivity contribution in [3.63, 3.8) is 0 Å². The summed E-state index contributed by atoms with van der Waals surface area (Å²) in [4.78, 5) is 112. The number of allylic oxidation sites excluding steroid dienone is 6. The van der Waals surface area contributed by atoms with Crippen molar-refractivity contribution in [2.45, 2.75) is 193 Å². The first kappa shape index (κ1) is 84.1. The van der Waals surface area contributed by atoms with Crippen LogP contribution < -0.4 is 15.5 Å². The summed E-state index contributed by atoms with van der Waals surface area (Å²) in [6.07, 6.45) is 31.4. The average Bonchev–Trinajstić information content (AvgIpc) is 0.855. The van der Waals surface area contributed by atoms with Crippen molar-refractivity contribution in [1.29, 1.82) is 0 Å². The van der Waals surface area contributed by atoms with E-state index in [1.165, 1.54) is 12.4 Å². The Hall–Kier alpha value is -6.51. The lowest BCUT2D eigenvalue weighted by Crippen LogP contribution is -2.48. The van der Waals surface area contributed by atoms with E-state index in [4.69, 9.17) is 28.4 Å². The number of hydrogen-bond acceptors (Lipinski definition) is 21. The molecule has 0 spiro atoms. The molecule has 0 bridgehead atoms. The van der Waals surface area contributed by atoms with Crippen LogP contribution in [0.1, 0.15) is 167 Å². The lowest BCUT2D eigenvalue weighted by Gasteiger charge is -2.34. The number of piperazine rings is 1. The lowest BCUT2D eigenvalue weighted by molar-refractivity contribution is -0.157. The Morgan fingerprint density at radius 3 is 2.30 bits per heavy atom. The molecule has 1 aromatic rings. The second-order valence-corrected chi connectivity index (χ2v) is 27.4. The number of methoxy groups -OCH3 is 1. The van der Waals surface area contributed by atoms with Crippen molar-refractivity contribution in [1.82, 2.24) is 35.3 Å². The normalized spacial score (nSPS) is 21.0. The minimum atomic E-state index is -0.874. The number of aldehydes is 1. The molecule has 3 aliphatic heterocycles. The zero-order valence-corrected chi connectivity index (χ0v) is 61.2. The highest BCUT2D eigenvalue weighted by Gasteiger charge is 2.36. The molecule has 100 heavy (non-hydrogen) atoms. The van der Waals surface area contributed by atoms with E-state index >= 15 is 0 Å². The number of hydrogen-bond donors (Lipinski definition) is 3. The first-order valence-corrected chi connectivity index (χ1v) is 36.8. The van der Waals surface area contributed by atoms with Crippen LogP contribution in [0.5, 0.6) is 0 Å². The maximum Gasteiger partial charge on any atom is 0.293 e. The Labute approximate surface area is 595 Å². The molecule has 0 aromatic carbocycles. The number of ether oxygens (including phenoxy) is 6. The molecule has 1 aromatic heterocycles. The second kappa shape index (κ2) is 49.2. The lowest BCUT2D eigenvalue weighted by atomic mass is 9.83. The van der Waals surface area contributed by atoms with Gasteiger partial charge < -0.3 is 63.7 Å². The van der Waals surface area contributed by atoms with Gasteiger partial charge in [0.05, 0.1) is 76.0 Å². The Morgan fingerprint density at radius 2 is 1.59 bits per heavy atom. The molecule has 24 nitrogen and oxygen atoms in total. The van der Waals surface area contributed by atoms with Crippen molar-refractivity contribution < 1.29 is 67.1 Å². The van der Waals surface area contributed by atoms with E-state index in [9.17, 15) is 38.7 Å². The highest BCUT2D eigenvalue weighted by atomic mass is 16.5.